The van der Waals surface area contributed by atoms with Crippen LogP contribution in [0.5, 0.6) is 0 Å². The third-order valence-corrected chi connectivity index (χ3v) is 4.70. The fraction of sp³-hybridized carbons (Fsp3) is 0.500. The minimum Gasteiger partial charge on any atom is -0.320 e. The maximum absolute atomic E-state index is 12.3. The highest BCUT2D eigenvalue weighted by Gasteiger charge is 2.21. The van der Waals surface area contributed by atoms with Crippen LogP contribution in [-0.4, -0.2) is 39.9 Å². The number of hydrogen-bond donors (Lipinski definition) is 1. The summed E-state index contributed by atoms with van der Waals surface area (Å²) in [5.41, 5.74) is 0.785. The predicted octanol–water partition coefficient (Wildman–Crippen LogP) is 1.23. The maximum Gasteiger partial charge on any atom is 0.243 e. The molecule has 0 aliphatic rings. The molecule has 1 rings (SSSR count). The van der Waals surface area contributed by atoms with E-state index in [0.29, 0.717) is 11.4 Å². The molecule has 1 aromatic rings. The van der Waals surface area contributed by atoms with E-state index in [9.17, 15) is 8.42 Å². The summed E-state index contributed by atoms with van der Waals surface area (Å²) in [6.07, 6.45) is 0.804. The fourth-order valence-electron chi connectivity index (χ4n) is 1.61. The van der Waals surface area contributed by atoms with Gasteiger partial charge in [-0.1, -0.05) is 18.2 Å². The fourth-order valence-corrected chi connectivity index (χ4v) is 3.04. The lowest BCUT2D eigenvalue weighted by molar-refractivity contribution is 0.457. The van der Waals surface area contributed by atoms with Crippen LogP contribution in [0, 0.1) is 6.92 Å². The summed E-state index contributed by atoms with van der Waals surface area (Å²) in [5.74, 6) is 0. The monoisotopic (exact) mass is 256 g/mol. The van der Waals surface area contributed by atoms with Gasteiger partial charge in [0.1, 0.15) is 0 Å². The zero-order chi connectivity index (χ0) is 12.9. The van der Waals surface area contributed by atoms with Crippen LogP contribution in [0.2, 0.25) is 0 Å². The molecule has 0 fully saturated rings. The molecule has 0 unspecified atom stereocenters. The molecule has 0 bridgehead atoms. The third-order valence-electron chi connectivity index (χ3n) is 2.68. The number of rotatable bonds is 6. The van der Waals surface area contributed by atoms with Crippen LogP contribution in [0.1, 0.15) is 12.0 Å². The van der Waals surface area contributed by atoms with Crippen molar-refractivity contribution < 1.29 is 8.42 Å². The van der Waals surface area contributed by atoms with E-state index in [0.717, 1.165) is 18.5 Å². The van der Waals surface area contributed by atoms with E-state index in [2.05, 4.69) is 5.32 Å². The first-order chi connectivity index (χ1) is 8.00. The van der Waals surface area contributed by atoms with Gasteiger partial charge in [-0.25, -0.2) is 12.7 Å². The van der Waals surface area contributed by atoms with Crippen molar-refractivity contribution in [3.63, 3.8) is 0 Å². The molecule has 96 valence electrons. The van der Waals surface area contributed by atoms with Gasteiger partial charge in [-0.15, -0.1) is 0 Å². The second kappa shape index (κ2) is 6.14. The Morgan fingerprint density at radius 2 is 1.94 bits per heavy atom. The lowest BCUT2D eigenvalue weighted by atomic mass is 10.2. The lowest BCUT2D eigenvalue weighted by Gasteiger charge is -2.18. The quantitative estimate of drug-likeness (QED) is 0.779. The van der Waals surface area contributed by atoms with Crippen LogP contribution in [-0.2, 0) is 10.0 Å². The molecule has 0 aliphatic carbocycles. The van der Waals surface area contributed by atoms with E-state index in [1.165, 1.54) is 4.31 Å². The van der Waals surface area contributed by atoms with Gasteiger partial charge in [-0.3, -0.25) is 0 Å². The Bertz CT molecular complexity index is 457. The smallest absolute Gasteiger partial charge is 0.243 e. The van der Waals surface area contributed by atoms with Crippen LogP contribution in [0.25, 0.3) is 0 Å². The van der Waals surface area contributed by atoms with Gasteiger partial charge in [0, 0.05) is 13.6 Å². The van der Waals surface area contributed by atoms with Gasteiger partial charge >= 0.3 is 0 Å². The number of sulfonamides is 1. The molecule has 0 aromatic heterocycles. The van der Waals surface area contributed by atoms with E-state index in [4.69, 9.17) is 0 Å². The summed E-state index contributed by atoms with van der Waals surface area (Å²) in [7, 11) is 0.135. The van der Waals surface area contributed by atoms with Crippen molar-refractivity contribution in [1.82, 2.24) is 9.62 Å². The Morgan fingerprint density at radius 1 is 1.29 bits per heavy atom. The molecule has 0 heterocycles. The van der Waals surface area contributed by atoms with Crippen LogP contribution in [0.15, 0.2) is 29.2 Å². The highest BCUT2D eigenvalue weighted by molar-refractivity contribution is 7.89. The molecule has 0 atom stereocenters. The van der Waals surface area contributed by atoms with Crippen molar-refractivity contribution in [2.24, 2.45) is 0 Å². The Balaban J connectivity index is 2.85. The summed E-state index contributed by atoms with van der Waals surface area (Å²) in [5, 5.41) is 3.00. The molecular formula is C12H20N2O2S. The van der Waals surface area contributed by atoms with Gasteiger partial charge < -0.3 is 5.32 Å². The topological polar surface area (TPSA) is 49.4 Å². The number of nitrogens with zero attached hydrogens (tertiary/aromatic N) is 1. The second-order valence-electron chi connectivity index (χ2n) is 4.05. The van der Waals surface area contributed by atoms with E-state index in [1.807, 2.05) is 26.1 Å². The largest absolute Gasteiger partial charge is 0.320 e. The Morgan fingerprint density at radius 3 is 2.53 bits per heavy atom. The molecule has 4 nitrogen and oxygen atoms in total. The van der Waals surface area contributed by atoms with E-state index < -0.39 is 10.0 Å². The summed E-state index contributed by atoms with van der Waals surface area (Å²) in [6.45, 7) is 3.15. The first kappa shape index (κ1) is 14.2. The summed E-state index contributed by atoms with van der Waals surface area (Å²) in [6, 6.07) is 7.06. The van der Waals surface area contributed by atoms with Crippen molar-refractivity contribution >= 4 is 10.0 Å². The van der Waals surface area contributed by atoms with Crippen LogP contribution >= 0.6 is 0 Å². The Labute approximate surface area is 104 Å². The molecule has 0 spiro atoms. The highest BCUT2D eigenvalue weighted by Crippen LogP contribution is 2.18. The van der Waals surface area contributed by atoms with Crippen molar-refractivity contribution in [1.29, 1.82) is 0 Å². The van der Waals surface area contributed by atoms with Gasteiger partial charge in [-0.2, -0.15) is 0 Å². The van der Waals surface area contributed by atoms with Gasteiger partial charge in [0.2, 0.25) is 10.0 Å². The van der Waals surface area contributed by atoms with Crippen LogP contribution < -0.4 is 5.32 Å². The Hall–Kier alpha value is -0.910. The molecule has 0 aliphatic heterocycles. The van der Waals surface area contributed by atoms with Crippen molar-refractivity contribution in [3.05, 3.63) is 29.8 Å². The van der Waals surface area contributed by atoms with E-state index in [-0.39, 0.29) is 0 Å². The second-order valence-corrected chi connectivity index (χ2v) is 6.06. The summed E-state index contributed by atoms with van der Waals surface area (Å²) >= 11 is 0. The first-order valence-electron chi connectivity index (χ1n) is 5.66. The molecule has 1 N–H and O–H groups in total. The minimum absolute atomic E-state index is 0.395. The van der Waals surface area contributed by atoms with Crippen molar-refractivity contribution in [2.45, 2.75) is 18.2 Å². The van der Waals surface area contributed by atoms with Crippen molar-refractivity contribution in [3.8, 4) is 0 Å². The molecule has 0 amide bonds. The first-order valence-corrected chi connectivity index (χ1v) is 7.10. The predicted molar refractivity (Wildman–Crippen MR) is 69.5 cm³/mol. The van der Waals surface area contributed by atoms with Gasteiger partial charge in [-0.05, 0) is 38.6 Å². The van der Waals surface area contributed by atoms with Gasteiger partial charge in [0.25, 0.3) is 0 Å². The molecule has 1 aromatic carbocycles. The number of nitrogens with one attached hydrogen (secondary N) is 1. The average molecular weight is 256 g/mol. The third kappa shape index (κ3) is 3.52. The molecule has 17 heavy (non-hydrogen) atoms. The summed E-state index contributed by atoms with van der Waals surface area (Å²) in [4.78, 5) is 0.395. The highest BCUT2D eigenvalue weighted by atomic mass is 32.2. The van der Waals surface area contributed by atoms with Crippen LogP contribution in [0.3, 0.4) is 0 Å². The molecular weight excluding hydrogens is 236 g/mol. The number of aryl methyl sites for hydroxylation is 1. The normalized spacial score (nSPS) is 12.0. The SMILES string of the molecule is CNCCCN(C)S(=O)(=O)c1ccccc1C. The minimum atomic E-state index is -3.34. The van der Waals surface area contributed by atoms with Crippen molar-refractivity contribution in [2.75, 3.05) is 27.2 Å². The number of benzene rings is 1. The summed E-state index contributed by atoms with van der Waals surface area (Å²) < 4.78 is 25.9. The zero-order valence-electron chi connectivity index (χ0n) is 10.6. The maximum atomic E-state index is 12.3. The number of hydrogen-bond acceptors (Lipinski definition) is 3. The Kier molecular flexibility index (Phi) is 5.11. The lowest BCUT2D eigenvalue weighted by Crippen LogP contribution is -2.30. The average Bonchev–Trinajstić information content (AvgIpc) is 2.29. The zero-order valence-corrected chi connectivity index (χ0v) is 11.4. The molecule has 0 radical (unpaired) electrons. The van der Waals surface area contributed by atoms with Gasteiger partial charge in [0.05, 0.1) is 4.90 Å². The van der Waals surface area contributed by atoms with E-state index in [1.54, 1.807) is 19.2 Å². The molecule has 5 heteroatoms. The van der Waals surface area contributed by atoms with Crippen LogP contribution in [0.4, 0.5) is 0 Å². The molecule has 0 saturated heterocycles. The standard InChI is InChI=1S/C12H20N2O2S/c1-11-7-4-5-8-12(11)17(15,16)14(3)10-6-9-13-2/h4-5,7-8,13H,6,9-10H2,1-3H3. The van der Waals surface area contributed by atoms with Gasteiger partial charge in [0.15, 0.2) is 0 Å². The van der Waals surface area contributed by atoms with E-state index >= 15 is 0 Å². The molecule has 0 saturated carbocycles.